The molecule has 2 aliphatic heterocycles. The molecule has 3 aromatic rings. The molecule has 0 N–H and O–H groups in total. The number of ketones is 1. The molecule has 148 valence electrons. The Bertz CT molecular complexity index is 1370. The number of carbonyl (C=O) groups excluding carboxylic acids is 1. The minimum atomic E-state index is -0.839. The van der Waals surface area contributed by atoms with E-state index in [2.05, 4.69) is 10.1 Å². The number of nitriles is 1. The number of rotatable bonds is 3. The summed E-state index contributed by atoms with van der Waals surface area (Å²) in [6, 6.07) is 20.7. The lowest BCUT2D eigenvalue weighted by atomic mass is 10.0. The molecule has 1 unspecified atom stereocenters. The van der Waals surface area contributed by atoms with Crippen LogP contribution in [-0.4, -0.2) is 17.3 Å². The Morgan fingerprint density at radius 3 is 2.32 bits per heavy atom. The van der Waals surface area contributed by atoms with Gasteiger partial charge in [0.2, 0.25) is 5.69 Å². The minimum Gasteiger partial charge on any atom is -0.278 e. The zero-order valence-electron chi connectivity index (χ0n) is 16.0. The fourth-order valence-corrected chi connectivity index (χ4v) is 3.81. The van der Waals surface area contributed by atoms with E-state index in [1.807, 2.05) is 36.4 Å². The molecule has 0 radical (unpaired) electrons. The van der Waals surface area contributed by atoms with Gasteiger partial charge in [-0.3, -0.25) is 4.79 Å². The van der Waals surface area contributed by atoms with Gasteiger partial charge in [0.1, 0.15) is 5.82 Å². The summed E-state index contributed by atoms with van der Waals surface area (Å²) < 4.78 is 28.1. The maximum atomic E-state index is 15.0. The Morgan fingerprint density at radius 2 is 1.65 bits per heavy atom. The highest BCUT2D eigenvalue weighted by Gasteiger charge is 2.58. The lowest BCUT2D eigenvalue weighted by Gasteiger charge is -2.25. The van der Waals surface area contributed by atoms with E-state index in [0.29, 0.717) is 22.4 Å². The summed E-state index contributed by atoms with van der Waals surface area (Å²) in [5, 5.41) is 13.7. The van der Waals surface area contributed by atoms with Gasteiger partial charge in [0.15, 0.2) is 17.2 Å². The van der Waals surface area contributed by atoms with Crippen molar-refractivity contribution in [2.75, 3.05) is 0 Å². The van der Waals surface area contributed by atoms with Crippen LogP contribution in [0.15, 0.2) is 89.1 Å². The number of halogens is 2. The number of fused-ring (bicyclic) bond motifs is 1. The lowest BCUT2D eigenvalue weighted by Crippen LogP contribution is -2.45. The van der Waals surface area contributed by atoms with E-state index in [1.165, 1.54) is 12.3 Å². The zero-order valence-corrected chi connectivity index (χ0v) is 16.0. The van der Waals surface area contributed by atoms with Crippen molar-refractivity contribution in [3.8, 4) is 6.07 Å². The van der Waals surface area contributed by atoms with Crippen molar-refractivity contribution in [1.82, 2.24) is 4.59 Å². The first-order chi connectivity index (χ1) is 15.0. The molecule has 0 aliphatic carbocycles. The monoisotopic (exact) mass is 411 g/mol. The van der Waals surface area contributed by atoms with Crippen molar-refractivity contribution in [2.24, 2.45) is 10.1 Å². The van der Waals surface area contributed by atoms with E-state index in [1.54, 1.807) is 24.3 Å². The number of benzene rings is 3. The quantitative estimate of drug-likeness (QED) is 0.594. The minimum absolute atomic E-state index is 0.00345. The van der Waals surface area contributed by atoms with Crippen LogP contribution in [0.1, 0.15) is 16.7 Å². The molecular weight excluding hydrogens is 398 g/mol. The predicted molar refractivity (Wildman–Crippen MR) is 113 cm³/mol. The smallest absolute Gasteiger partial charge is 0.278 e. The summed E-state index contributed by atoms with van der Waals surface area (Å²) in [6.45, 7) is 0. The highest BCUT2D eigenvalue weighted by molar-refractivity contribution is 6.73. The van der Waals surface area contributed by atoms with E-state index in [4.69, 9.17) is 5.26 Å². The molecule has 2 heterocycles. The number of carbonyl (C=O) groups is 1. The summed E-state index contributed by atoms with van der Waals surface area (Å²) in [4.78, 5) is 17.6. The van der Waals surface area contributed by atoms with Crippen LogP contribution >= 0.6 is 0 Å². The van der Waals surface area contributed by atoms with Gasteiger partial charge in [0, 0.05) is 23.3 Å². The summed E-state index contributed by atoms with van der Waals surface area (Å²) in [6.07, 6.45) is 1.49. The standard InChI is InChI=1S/C24H13F2N4O/c25-18-10-11-20(19(26)12-18)30-21(16-4-2-1-3-5-16)14-28-24(30)23(31)22(29-30)17-8-6-15(13-27)7-9-17/h1-12,14H/q+1. The molecule has 2 aliphatic rings. The molecule has 1 atom stereocenters. The molecular formula is C24H13F2N4O+. The maximum absolute atomic E-state index is 15.0. The van der Waals surface area contributed by atoms with Gasteiger partial charge in [-0.25, -0.2) is 8.78 Å². The van der Waals surface area contributed by atoms with Gasteiger partial charge in [-0.1, -0.05) is 40.0 Å². The first-order valence-electron chi connectivity index (χ1n) is 9.39. The number of hydrogen-bond acceptors (Lipinski definition) is 4. The van der Waals surface area contributed by atoms with Crippen molar-refractivity contribution < 1.29 is 13.6 Å². The summed E-state index contributed by atoms with van der Waals surface area (Å²) in [5.74, 6) is -2.03. The Morgan fingerprint density at radius 1 is 0.903 bits per heavy atom. The highest BCUT2D eigenvalue weighted by Crippen LogP contribution is 2.44. The van der Waals surface area contributed by atoms with Gasteiger partial charge < -0.3 is 0 Å². The van der Waals surface area contributed by atoms with Crippen LogP contribution in [0.25, 0.3) is 5.70 Å². The van der Waals surface area contributed by atoms with Gasteiger partial charge in [-0.2, -0.15) is 10.3 Å². The van der Waals surface area contributed by atoms with Gasteiger partial charge in [0.05, 0.1) is 17.8 Å². The van der Waals surface area contributed by atoms with Crippen LogP contribution < -0.4 is 4.59 Å². The van der Waals surface area contributed by atoms with E-state index < -0.39 is 22.0 Å². The fraction of sp³-hybridized carbons (Fsp3) is 0. The second kappa shape index (κ2) is 6.90. The molecule has 3 aromatic carbocycles. The Labute approximate surface area is 176 Å². The van der Waals surface area contributed by atoms with Crippen LogP contribution in [0, 0.1) is 23.0 Å². The molecule has 0 fully saturated rings. The van der Waals surface area contributed by atoms with Gasteiger partial charge in [-0.05, 0) is 30.3 Å². The van der Waals surface area contributed by atoms with Crippen LogP contribution in [0.3, 0.4) is 0 Å². The van der Waals surface area contributed by atoms with Gasteiger partial charge >= 0.3 is 5.84 Å². The number of hydrogen-bond donors (Lipinski definition) is 0. The molecule has 0 spiro atoms. The predicted octanol–water partition coefficient (Wildman–Crippen LogP) is 4.54. The third-order valence-electron chi connectivity index (χ3n) is 5.25. The van der Waals surface area contributed by atoms with Gasteiger partial charge in [-0.15, -0.1) is 0 Å². The molecule has 0 amide bonds. The van der Waals surface area contributed by atoms with Crippen LogP contribution in [0.5, 0.6) is 0 Å². The maximum Gasteiger partial charge on any atom is 0.316 e. The summed E-state index contributed by atoms with van der Waals surface area (Å²) in [5.41, 5.74) is 2.17. The van der Waals surface area contributed by atoms with Crippen molar-refractivity contribution in [3.05, 3.63) is 107 Å². The number of Topliss-reactive ketones (excluding diaryl/α,β-unsaturated/α-hetero) is 1. The third kappa shape index (κ3) is 2.74. The molecule has 5 rings (SSSR count). The van der Waals surface area contributed by atoms with Crippen molar-refractivity contribution in [2.45, 2.75) is 0 Å². The van der Waals surface area contributed by atoms with Crippen molar-refractivity contribution >= 4 is 28.7 Å². The molecule has 7 heteroatoms. The molecule has 31 heavy (non-hydrogen) atoms. The highest BCUT2D eigenvalue weighted by atomic mass is 19.1. The number of aliphatic imine (C=N–C) groups is 1. The SMILES string of the molecule is N#Cc1ccc(C2=N[N+]3(c4ccc(F)cc4F)C(c4ccccc4)=CN=C3C2=O)cc1. The summed E-state index contributed by atoms with van der Waals surface area (Å²) in [7, 11) is 0. The third-order valence-corrected chi connectivity index (χ3v) is 5.25. The number of quaternary nitrogens is 1. The Kier molecular flexibility index (Phi) is 4.17. The molecule has 0 bridgehead atoms. The van der Waals surface area contributed by atoms with E-state index >= 15 is 4.39 Å². The lowest BCUT2D eigenvalue weighted by molar-refractivity contribution is -0.107. The normalized spacial score (nSPS) is 19.4. The van der Waals surface area contributed by atoms with E-state index in [9.17, 15) is 9.18 Å². The average molecular weight is 411 g/mol. The molecule has 5 nitrogen and oxygen atoms in total. The number of amidine groups is 1. The number of nitrogens with zero attached hydrogens (tertiary/aromatic N) is 4. The second-order valence-corrected chi connectivity index (χ2v) is 7.03. The zero-order chi connectivity index (χ0) is 21.6. The Hall–Kier alpha value is -4.28. The summed E-state index contributed by atoms with van der Waals surface area (Å²) >= 11 is 0. The molecule has 0 aromatic heterocycles. The second-order valence-electron chi connectivity index (χ2n) is 7.03. The first-order valence-corrected chi connectivity index (χ1v) is 9.39. The van der Waals surface area contributed by atoms with Crippen LogP contribution in [0.4, 0.5) is 14.5 Å². The molecule has 0 saturated carbocycles. The van der Waals surface area contributed by atoms with E-state index in [-0.39, 0.29) is 17.2 Å². The largest absolute Gasteiger partial charge is 0.316 e. The Balaban J connectivity index is 1.77. The topological polar surface area (TPSA) is 65.6 Å². The fourth-order valence-electron chi connectivity index (χ4n) is 3.81. The molecule has 0 saturated heterocycles. The van der Waals surface area contributed by atoms with Crippen molar-refractivity contribution in [1.29, 1.82) is 5.26 Å². The first kappa shape index (κ1) is 18.7. The van der Waals surface area contributed by atoms with Crippen LogP contribution in [-0.2, 0) is 4.79 Å². The average Bonchev–Trinajstić information content (AvgIpc) is 3.30. The van der Waals surface area contributed by atoms with Crippen molar-refractivity contribution in [3.63, 3.8) is 0 Å². The van der Waals surface area contributed by atoms with Gasteiger partial charge in [0.25, 0.3) is 5.78 Å². The van der Waals surface area contributed by atoms with E-state index in [0.717, 1.165) is 12.1 Å². The van der Waals surface area contributed by atoms with Crippen LogP contribution in [0.2, 0.25) is 0 Å².